The summed E-state index contributed by atoms with van der Waals surface area (Å²) >= 11 is 0. The van der Waals surface area contributed by atoms with Crippen molar-refractivity contribution in [2.24, 2.45) is 5.92 Å². The molecule has 0 bridgehead atoms. The quantitative estimate of drug-likeness (QED) is 0.898. The first-order valence-corrected chi connectivity index (χ1v) is 9.15. The molecule has 0 saturated carbocycles. The van der Waals surface area contributed by atoms with E-state index in [0.717, 1.165) is 25.9 Å². The molecule has 0 aliphatic carbocycles. The summed E-state index contributed by atoms with van der Waals surface area (Å²) in [6.45, 7) is 7.33. The van der Waals surface area contributed by atoms with E-state index in [4.69, 9.17) is 0 Å². The predicted octanol–water partition coefficient (Wildman–Crippen LogP) is 1.92. The Balaban J connectivity index is 2.21. The second-order valence-electron chi connectivity index (χ2n) is 6.25. The van der Waals surface area contributed by atoms with Crippen molar-refractivity contribution in [1.29, 1.82) is 0 Å². The number of amides is 1. The van der Waals surface area contributed by atoms with Crippen molar-refractivity contribution in [1.82, 2.24) is 14.2 Å². The average molecular weight is 327 g/mol. The number of nitrogens with one attached hydrogen (secondary N) is 1. The van der Waals surface area contributed by atoms with Crippen molar-refractivity contribution >= 4 is 15.9 Å². The van der Waals surface area contributed by atoms with Crippen LogP contribution in [0.5, 0.6) is 0 Å². The van der Waals surface area contributed by atoms with E-state index in [2.05, 4.69) is 4.98 Å². The van der Waals surface area contributed by atoms with E-state index in [1.165, 1.54) is 16.6 Å². The lowest BCUT2D eigenvalue weighted by atomic mass is 10.1. The maximum absolute atomic E-state index is 12.6. The Hall–Kier alpha value is -1.34. The van der Waals surface area contributed by atoms with Crippen molar-refractivity contribution in [2.75, 3.05) is 20.1 Å². The smallest absolute Gasteiger partial charge is 0.270 e. The number of sulfonamides is 1. The first-order valence-electron chi connectivity index (χ1n) is 7.71. The topological polar surface area (TPSA) is 73.5 Å². The number of hydrogen-bond acceptors (Lipinski definition) is 3. The summed E-state index contributed by atoms with van der Waals surface area (Å²) in [5, 5.41) is 0. The van der Waals surface area contributed by atoms with Gasteiger partial charge in [-0.1, -0.05) is 13.8 Å². The molecule has 0 radical (unpaired) electrons. The molecule has 1 saturated heterocycles. The van der Waals surface area contributed by atoms with Gasteiger partial charge in [0.1, 0.15) is 10.6 Å². The van der Waals surface area contributed by atoms with Gasteiger partial charge in [0.05, 0.1) is 0 Å². The number of likely N-dealkylation sites (tertiary alicyclic amines) is 1. The molecule has 0 aromatic carbocycles. The van der Waals surface area contributed by atoms with Crippen LogP contribution >= 0.6 is 0 Å². The van der Waals surface area contributed by atoms with Crippen LogP contribution in [0.2, 0.25) is 0 Å². The van der Waals surface area contributed by atoms with Gasteiger partial charge in [0.25, 0.3) is 5.91 Å². The molecule has 1 N–H and O–H groups in total. The first kappa shape index (κ1) is 17.0. The summed E-state index contributed by atoms with van der Waals surface area (Å²) in [7, 11) is -2.01. The standard InChI is InChI=1S/C15H25N3O3S/c1-11(2)12(3)17(4)22(20,21)13-9-14(16-10-13)15(19)18-7-5-6-8-18/h9-12,16H,5-8H2,1-4H3. The molecule has 7 heteroatoms. The Morgan fingerprint density at radius 1 is 1.27 bits per heavy atom. The third-order valence-electron chi connectivity index (χ3n) is 4.50. The molecule has 1 unspecified atom stereocenters. The minimum absolute atomic E-state index is 0.113. The Bertz CT molecular complexity index is 630. The molecule has 124 valence electrons. The van der Waals surface area contributed by atoms with Crippen LogP contribution in [0.3, 0.4) is 0 Å². The van der Waals surface area contributed by atoms with Gasteiger partial charge in [-0.3, -0.25) is 4.79 Å². The maximum atomic E-state index is 12.6. The van der Waals surface area contributed by atoms with Crippen molar-refractivity contribution < 1.29 is 13.2 Å². The summed E-state index contributed by atoms with van der Waals surface area (Å²) in [5.41, 5.74) is 0.339. The van der Waals surface area contributed by atoms with Crippen molar-refractivity contribution in [3.8, 4) is 0 Å². The molecule has 1 aliphatic heterocycles. The Morgan fingerprint density at radius 2 is 1.86 bits per heavy atom. The molecule has 2 rings (SSSR count). The highest BCUT2D eigenvalue weighted by atomic mass is 32.2. The fourth-order valence-corrected chi connectivity index (χ4v) is 4.03. The van der Waals surface area contributed by atoms with Gasteiger partial charge in [0.2, 0.25) is 10.0 Å². The Morgan fingerprint density at radius 3 is 2.41 bits per heavy atom. The number of aromatic amines is 1. The lowest BCUT2D eigenvalue weighted by Gasteiger charge is -2.26. The van der Waals surface area contributed by atoms with Gasteiger partial charge in [0.15, 0.2) is 0 Å². The molecule has 1 aliphatic rings. The normalized spacial score (nSPS) is 17.5. The van der Waals surface area contributed by atoms with Crippen LogP contribution in [-0.2, 0) is 10.0 Å². The van der Waals surface area contributed by atoms with Crippen LogP contribution in [0.1, 0.15) is 44.1 Å². The zero-order valence-corrected chi connectivity index (χ0v) is 14.5. The fourth-order valence-electron chi connectivity index (χ4n) is 2.54. The Kier molecular flexibility index (Phi) is 4.97. The molecule has 1 aromatic rings. The van der Waals surface area contributed by atoms with Gasteiger partial charge >= 0.3 is 0 Å². The lowest BCUT2D eigenvalue weighted by Crippen LogP contribution is -2.38. The van der Waals surface area contributed by atoms with E-state index in [1.807, 2.05) is 20.8 Å². The van der Waals surface area contributed by atoms with Gasteiger partial charge < -0.3 is 9.88 Å². The van der Waals surface area contributed by atoms with Crippen molar-refractivity contribution in [2.45, 2.75) is 44.6 Å². The minimum atomic E-state index is -3.59. The fraction of sp³-hybridized carbons (Fsp3) is 0.667. The number of carbonyl (C=O) groups is 1. The van der Waals surface area contributed by atoms with Crippen molar-refractivity contribution in [3.63, 3.8) is 0 Å². The number of H-pyrrole nitrogens is 1. The van der Waals surface area contributed by atoms with E-state index in [0.29, 0.717) is 5.69 Å². The number of aromatic nitrogens is 1. The minimum Gasteiger partial charge on any atom is -0.356 e. The molecule has 1 atom stereocenters. The molecule has 1 fully saturated rings. The largest absolute Gasteiger partial charge is 0.356 e. The monoisotopic (exact) mass is 327 g/mol. The van der Waals surface area contributed by atoms with Gasteiger partial charge in [-0.15, -0.1) is 0 Å². The maximum Gasteiger partial charge on any atom is 0.270 e. The molecule has 2 heterocycles. The van der Waals surface area contributed by atoms with Gasteiger partial charge in [-0.25, -0.2) is 8.42 Å². The molecule has 1 amide bonds. The summed E-state index contributed by atoms with van der Waals surface area (Å²) < 4.78 is 26.6. The van der Waals surface area contributed by atoms with Crippen LogP contribution in [0.25, 0.3) is 0 Å². The number of nitrogens with zero attached hydrogens (tertiary/aromatic N) is 2. The van der Waals surface area contributed by atoms with Gasteiger partial charge in [-0.2, -0.15) is 4.31 Å². The molecule has 6 nitrogen and oxygen atoms in total. The summed E-state index contributed by atoms with van der Waals surface area (Å²) in [6, 6.07) is 1.33. The zero-order valence-electron chi connectivity index (χ0n) is 13.7. The van der Waals surface area contributed by atoms with Gasteiger partial charge in [0, 0.05) is 32.4 Å². The molecule has 22 heavy (non-hydrogen) atoms. The lowest BCUT2D eigenvalue weighted by molar-refractivity contribution is 0.0787. The predicted molar refractivity (Wildman–Crippen MR) is 85.2 cm³/mol. The molecule has 1 aromatic heterocycles. The Labute approximate surface area is 132 Å². The van der Waals surface area contributed by atoms with Crippen LogP contribution < -0.4 is 0 Å². The third kappa shape index (κ3) is 3.20. The van der Waals surface area contributed by atoms with E-state index in [1.54, 1.807) is 11.9 Å². The molecular formula is C15H25N3O3S. The van der Waals surface area contributed by atoms with Crippen LogP contribution in [0, 0.1) is 5.92 Å². The van der Waals surface area contributed by atoms with E-state index >= 15 is 0 Å². The highest BCUT2D eigenvalue weighted by Gasteiger charge is 2.29. The zero-order chi connectivity index (χ0) is 16.5. The third-order valence-corrected chi connectivity index (χ3v) is 6.42. The average Bonchev–Trinajstić information content (AvgIpc) is 3.15. The highest BCUT2D eigenvalue weighted by molar-refractivity contribution is 7.89. The second-order valence-corrected chi connectivity index (χ2v) is 8.25. The summed E-state index contributed by atoms with van der Waals surface area (Å²) in [5.74, 6) is 0.0860. The number of carbonyl (C=O) groups excluding carboxylic acids is 1. The van der Waals surface area contributed by atoms with Gasteiger partial charge in [-0.05, 0) is 31.7 Å². The van der Waals surface area contributed by atoms with Crippen molar-refractivity contribution in [3.05, 3.63) is 18.0 Å². The summed E-state index contributed by atoms with van der Waals surface area (Å²) in [4.78, 5) is 17.0. The SMILES string of the molecule is CC(C)C(C)N(C)S(=O)(=O)c1c[nH]c(C(=O)N2CCCC2)c1. The highest BCUT2D eigenvalue weighted by Crippen LogP contribution is 2.21. The van der Waals surface area contributed by atoms with Crippen LogP contribution in [0.4, 0.5) is 0 Å². The van der Waals surface area contributed by atoms with Crippen LogP contribution in [-0.4, -0.2) is 54.7 Å². The summed E-state index contributed by atoms with van der Waals surface area (Å²) in [6.07, 6.45) is 3.42. The van der Waals surface area contributed by atoms with Crippen LogP contribution in [0.15, 0.2) is 17.2 Å². The number of hydrogen-bond donors (Lipinski definition) is 1. The van der Waals surface area contributed by atoms with E-state index in [-0.39, 0.29) is 22.8 Å². The van der Waals surface area contributed by atoms with E-state index in [9.17, 15) is 13.2 Å². The second kappa shape index (κ2) is 6.42. The first-order chi connectivity index (χ1) is 10.2. The molecular weight excluding hydrogens is 302 g/mol. The van der Waals surface area contributed by atoms with E-state index < -0.39 is 10.0 Å². The molecule has 0 spiro atoms. The number of rotatable bonds is 5.